The van der Waals surface area contributed by atoms with Gasteiger partial charge in [0.2, 0.25) is 0 Å². The van der Waals surface area contributed by atoms with E-state index in [4.69, 9.17) is 5.73 Å². The maximum absolute atomic E-state index is 12.9. The Balaban J connectivity index is 1.93. The zero-order chi connectivity index (χ0) is 21.7. The fourth-order valence-corrected chi connectivity index (χ4v) is 3.37. The van der Waals surface area contributed by atoms with Gasteiger partial charge in [0.25, 0.3) is 5.56 Å². The number of aromatic nitrogens is 2. The molecule has 0 unspecified atom stereocenters. The van der Waals surface area contributed by atoms with Gasteiger partial charge in [-0.2, -0.15) is 0 Å². The lowest BCUT2D eigenvalue weighted by atomic mass is 10.1. The lowest BCUT2D eigenvalue weighted by Gasteiger charge is -2.17. The van der Waals surface area contributed by atoms with Crippen molar-refractivity contribution in [1.82, 2.24) is 14.5 Å². The number of Topliss-reactive ketones (excluding diaryl/α,β-unsaturated/α-hetero) is 1. The second kappa shape index (κ2) is 9.37. The van der Waals surface area contributed by atoms with Gasteiger partial charge in [-0.1, -0.05) is 60.7 Å². The molecule has 2 aromatic carbocycles. The summed E-state index contributed by atoms with van der Waals surface area (Å²) in [6.45, 7) is 3.89. The Bertz CT molecular complexity index is 1130. The zero-order valence-electron chi connectivity index (χ0n) is 17.2. The van der Waals surface area contributed by atoms with Crippen LogP contribution < -0.4 is 22.3 Å². The lowest BCUT2D eigenvalue weighted by Crippen LogP contribution is -2.45. The van der Waals surface area contributed by atoms with E-state index < -0.39 is 17.0 Å². The van der Waals surface area contributed by atoms with Gasteiger partial charge in [0, 0.05) is 12.6 Å². The smallest absolute Gasteiger partial charge is 0.332 e. The third-order valence-corrected chi connectivity index (χ3v) is 5.11. The molecule has 0 fully saturated rings. The van der Waals surface area contributed by atoms with E-state index in [1.165, 1.54) is 4.57 Å². The maximum atomic E-state index is 12.9. The van der Waals surface area contributed by atoms with Crippen molar-refractivity contribution in [3.05, 3.63) is 98.2 Å². The first kappa shape index (κ1) is 21.3. The number of benzene rings is 2. The van der Waals surface area contributed by atoms with Crippen LogP contribution in [0.1, 0.15) is 41.4 Å². The molecule has 0 bridgehead atoms. The monoisotopic (exact) mass is 406 g/mol. The number of carbonyl (C=O) groups excluding carboxylic acids is 1. The summed E-state index contributed by atoms with van der Waals surface area (Å²) in [5.41, 5.74) is 6.73. The summed E-state index contributed by atoms with van der Waals surface area (Å²) in [6, 6.07) is 18.9. The van der Waals surface area contributed by atoms with Gasteiger partial charge < -0.3 is 11.1 Å². The van der Waals surface area contributed by atoms with E-state index in [1.807, 2.05) is 67.6 Å². The topological polar surface area (TPSA) is 99.1 Å². The summed E-state index contributed by atoms with van der Waals surface area (Å²) in [5.74, 6) is -0.540. The highest BCUT2D eigenvalue weighted by atomic mass is 16.2. The average Bonchev–Trinajstić information content (AvgIpc) is 2.76. The summed E-state index contributed by atoms with van der Waals surface area (Å²) in [5, 5.41) is 3.13. The number of anilines is 1. The van der Waals surface area contributed by atoms with Crippen LogP contribution in [0.3, 0.4) is 0 Å². The Morgan fingerprint density at radius 3 is 2.20 bits per heavy atom. The van der Waals surface area contributed by atoms with E-state index in [-0.39, 0.29) is 37.1 Å². The molecule has 0 spiro atoms. The van der Waals surface area contributed by atoms with Crippen molar-refractivity contribution in [1.29, 1.82) is 0 Å². The molecule has 0 amide bonds. The molecule has 0 aliphatic heterocycles. The van der Waals surface area contributed by atoms with Crippen LogP contribution in [0.5, 0.6) is 0 Å². The highest BCUT2D eigenvalue weighted by Crippen LogP contribution is 2.13. The number of nitrogens with zero attached hydrogens (tertiary/aromatic N) is 2. The van der Waals surface area contributed by atoms with E-state index in [0.717, 1.165) is 15.7 Å². The summed E-state index contributed by atoms with van der Waals surface area (Å²) in [4.78, 5) is 38.5. The Kier molecular flexibility index (Phi) is 6.64. The van der Waals surface area contributed by atoms with E-state index >= 15 is 0 Å². The number of nitrogens with two attached hydrogens (primary N) is 1. The molecule has 0 radical (unpaired) electrons. The maximum Gasteiger partial charge on any atom is 0.332 e. The van der Waals surface area contributed by atoms with Gasteiger partial charge in [-0.3, -0.25) is 18.7 Å². The lowest BCUT2D eigenvalue weighted by molar-refractivity contribution is 0.0986. The minimum atomic E-state index is -0.650. The minimum absolute atomic E-state index is 0.0667. The van der Waals surface area contributed by atoms with Crippen LogP contribution in [0.4, 0.5) is 5.82 Å². The number of carbonyl (C=O) groups is 1. The number of ketones is 1. The van der Waals surface area contributed by atoms with Crippen molar-refractivity contribution < 1.29 is 4.79 Å². The average molecular weight is 406 g/mol. The van der Waals surface area contributed by atoms with Crippen LogP contribution in [0.2, 0.25) is 0 Å². The van der Waals surface area contributed by atoms with E-state index in [0.29, 0.717) is 0 Å². The Labute approximate surface area is 174 Å². The quantitative estimate of drug-likeness (QED) is 0.559. The molecule has 0 aliphatic rings. The van der Waals surface area contributed by atoms with Crippen molar-refractivity contribution in [2.24, 2.45) is 0 Å². The van der Waals surface area contributed by atoms with E-state index in [2.05, 4.69) is 5.32 Å². The second-order valence-electron chi connectivity index (χ2n) is 7.10. The van der Waals surface area contributed by atoms with Crippen LogP contribution in [-0.2, 0) is 13.1 Å². The highest BCUT2D eigenvalue weighted by molar-refractivity contribution is 6.01. The molecule has 0 aliphatic carbocycles. The van der Waals surface area contributed by atoms with Gasteiger partial charge in [0.15, 0.2) is 5.78 Å². The van der Waals surface area contributed by atoms with Gasteiger partial charge in [0.1, 0.15) is 11.4 Å². The van der Waals surface area contributed by atoms with Crippen molar-refractivity contribution in [3.63, 3.8) is 0 Å². The Hall–Kier alpha value is -3.45. The van der Waals surface area contributed by atoms with Crippen LogP contribution in [0.15, 0.2) is 70.3 Å². The second-order valence-corrected chi connectivity index (χ2v) is 7.10. The molecule has 3 rings (SSSR count). The Morgan fingerprint density at radius 1 is 1.00 bits per heavy atom. The first-order valence-electron chi connectivity index (χ1n) is 9.92. The summed E-state index contributed by atoms with van der Waals surface area (Å²) in [7, 11) is 0. The molecule has 156 valence electrons. The molecule has 0 saturated heterocycles. The standard InChI is InChI=1S/C23H26N4O3/c1-3-26-22(29)20(19(28)14-25-16(2)18-12-8-5-9-13-18)21(24)27(23(26)30)15-17-10-6-4-7-11-17/h4-13,16,25H,3,14-15,24H2,1-2H3/t16-/m0/s1. The van der Waals surface area contributed by atoms with Crippen LogP contribution in [0, 0.1) is 0 Å². The van der Waals surface area contributed by atoms with Crippen molar-refractivity contribution >= 4 is 11.6 Å². The third kappa shape index (κ3) is 4.41. The molecule has 7 nitrogen and oxygen atoms in total. The van der Waals surface area contributed by atoms with Crippen molar-refractivity contribution in [3.8, 4) is 0 Å². The summed E-state index contributed by atoms with van der Waals surface area (Å²) < 4.78 is 2.33. The van der Waals surface area contributed by atoms with Gasteiger partial charge >= 0.3 is 5.69 Å². The molecular weight excluding hydrogens is 380 g/mol. The highest BCUT2D eigenvalue weighted by Gasteiger charge is 2.22. The number of nitrogen functional groups attached to an aromatic ring is 1. The first-order chi connectivity index (χ1) is 14.4. The summed E-state index contributed by atoms with van der Waals surface area (Å²) >= 11 is 0. The van der Waals surface area contributed by atoms with Crippen molar-refractivity contribution in [2.75, 3.05) is 12.3 Å². The Morgan fingerprint density at radius 2 is 1.60 bits per heavy atom. The third-order valence-electron chi connectivity index (χ3n) is 5.11. The molecular formula is C23H26N4O3. The molecule has 1 heterocycles. The predicted octanol–water partition coefficient (Wildman–Crippen LogP) is 2.19. The van der Waals surface area contributed by atoms with Crippen LogP contribution in [-0.4, -0.2) is 21.5 Å². The molecule has 0 saturated carbocycles. The van der Waals surface area contributed by atoms with Crippen LogP contribution >= 0.6 is 0 Å². The number of hydrogen-bond acceptors (Lipinski definition) is 5. The van der Waals surface area contributed by atoms with Gasteiger partial charge in [-0.25, -0.2) is 4.79 Å². The molecule has 3 N–H and O–H groups in total. The first-order valence-corrected chi connectivity index (χ1v) is 9.92. The fraction of sp³-hybridized carbons (Fsp3) is 0.261. The molecule has 7 heteroatoms. The van der Waals surface area contributed by atoms with E-state index in [1.54, 1.807) is 6.92 Å². The van der Waals surface area contributed by atoms with Gasteiger partial charge in [-0.15, -0.1) is 0 Å². The van der Waals surface area contributed by atoms with Crippen LogP contribution in [0.25, 0.3) is 0 Å². The SMILES string of the molecule is CCn1c(=O)c(C(=O)CN[C@@H](C)c2ccccc2)c(N)n(Cc2ccccc2)c1=O. The molecule has 30 heavy (non-hydrogen) atoms. The molecule has 3 aromatic rings. The van der Waals surface area contributed by atoms with Gasteiger partial charge in [0.05, 0.1) is 13.1 Å². The molecule has 1 atom stereocenters. The predicted molar refractivity (Wildman–Crippen MR) is 118 cm³/mol. The number of rotatable bonds is 8. The van der Waals surface area contributed by atoms with Gasteiger partial charge in [-0.05, 0) is 25.0 Å². The largest absolute Gasteiger partial charge is 0.384 e. The number of nitrogens with one attached hydrogen (secondary N) is 1. The minimum Gasteiger partial charge on any atom is -0.384 e. The molecule has 1 aromatic heterocycles. The zero-order valence-corrected chi connectivity index (χ0v) is 17.2. The normalized spacial score (nSPS) is 11.9. The number of hydrogen-bond donors (Lipinski definition) is 2. The van der Waals surface area contributed by atoms with E-state index in [9.17, 15) is 14.4 Å². The fourth-order valence-electron chi connectivity index (χ4n) is 3.37. The van der Waals surface area contributed by atoms with Crippen molar-refractivity contribution in [2.45, 2.75) is 33.0 Å². The summed E-state index contributed by atoms with van der Waals surface area (Å²) in [6.07, 6.45) is 0.